The Bertz CT molecular complexity index is 464. The minimum Gasteiger partial charge on any atom is -0.477 e. The van der Waals surface area contributed by atoms with Crippen molar-refractivity contribution in [1.82, 2.24) is 5.32 Å². The molecule has 0 aliphatic rings. The number of halogens is 1. The van der Waals surface area contributed by atoms with Crippen molar-refractivity contribution in [3.63, 3.8) is 0 Å². The third kappa shape index (κ3) is 4.19. The Balaban J connectivity index is 2.59. The van der Waals surface area contributed by atoms with E-state index in [4.69, 9.17) is 21.4 Å². The standard InChI is InChI=1S/C11H14ClNO4S/c1-11(2,3)17-10(16)13-4-6-5-18-8(7(6)12)9(14)15/h5H,4H2,1-3H3,(H,13,16)(H,14,15). The van der Waals surface area contributed by atoms with Crippen molar-refractivity contribution in [3.05, 3.63) is 20.8 Å². The molecule has 0 unspecified atom stereocenters. The Kier molecular flexibility index (Phi) is 4.59. The molecular formula is C11H14ClNO4S. The van der Waals surface area contributed by atoms with Crippen molar-refractivity contribution in [3.8, 4) is 0 Å². The average Bonchev–Trinajstić information content (AvgIpc) is 2.54. The van der Waals surface area contributed by atoms with Crippen LogP contribution in [0.15, 0.2) is 5.38 Å². The third-order valence-corrected chi connectivity index (χ3v) is 3.38. The molecule has 0 aromatic carbocycles. The van der Waals surface area contributed by atoms with Gasteiger partial charge in [0.05, 0.1) is 5.02 Å². The smallest absolute Gasteiger partial charge is 0.407 e. The first-order valence-electron chi connectivity index (χ1n) is 5.16. The molecule has 0 aliphatic carbocycles. The molecule has 0 saturated carbocycles. The zero-order valence-corrected chi connectivity index (χ0v) is 11.8. The van der Waals surface area contributed by atoms with Crippen molar-refractivity contribution in [2.75, 3.05) is 0 Å². The van der Waals surface area contributed by atoms with E-state index < -0.39 is 17.7 Å². The minimum atomic E-state index is -1.08. The number of hydrogen-bond donors (Lipinski definition) is 2. The van der Waals surface area contributed by atoms with Gasteiger partial charge in [0.25, 0.3) is 0 Å². The molecule has 100 valence electrons. The molecule has 7 heteroatoms. The molecule has 0 radical (unpaired) electrons. The maximum Gasteiger partial charge on any atom is 0.407 e. The van der Waals surface area contributed by atoms with E-state index in [0.29, 0.717) is 5.56 Å². The monoisotopic (exact) mass is 291 g/mol. The lowest BCUT2D eigenvalue weighted by atomic mass is 10.2. The molecule has 1 heterocycles. The lowest BCUT2D eigenvalue weighted by Crippen LogP contribution is -2.32. The van der Waals surface area contributed by atoms with Gasteiger partial charge in [-0.2, -0.15) is 0 Å². The Labute approximate surface area is 114 Å². The summed E-state index contributed by atoms with van der Waals surface area (Å²) in [6.45, 7) is 5.41. The van der Waals surface area contributed by atoms with Crippen molar-refractivity contribution in [1.29, 1.82) is 0 Å². The van der Waals surface area contributed by atoms with Crippen LogP contribution < -0.4 is 5.32 Å². The molecule has 0 aliphatic heterocycles. The molecule has 1 rings (SSSR count). The zero-order chi connectivity index (χ0) is 13.9. The molecule has 1 aromatic heterocycles. The highest BCUT2D eigenvalue weighted by molar-refractivity contribution is 7.12. The number of amides is 1. The van der Waals surface area contributed by atoms with E-state index in [2.05, 4.69) is 5.32 Å². The summed E-state index contributed by atoms with van der Waals surface area (Å²) in [4.78, 5) is 22.2. The van der Waals surface area contributed by atoms with Crippen LogP contribution in [0.5, 0.6) is 0 Å². The van der Waals surface area contributed by atoms with Gasteiger partial charge in [-0.1, -0.05) is 11.6 Å². The quantitative estimate of drug-likeness (QED) is 0.897. The fourth-order valence-electron chi connectivity index (χ4n) is 1.12. The van der Waals surface area contributed by atoms with Crippen LogP contribution in [0.1, 0.15) is 36.0 Å². The lowest BCUT2D eigenvalue weighted by Gasteiger charge is -2.19. The van der Waals surface area contributed by atoms with Crippen LogP contribution in [-0.4, -0.2) is 22.8 Å². The van der Waals surface area contributed by atoms with E-state index in [-0.39, 0.29) is 16.4 Å². The summed E-state index contributed by atoms with van der Waals surface area (Å²) in [5.41, 5.74) is -0.0145. The molecular weight excluding hydrogens is 278 g/mol. The topological polar surface area (TPSA) is 75.6 Å². The first-order valence-corrected chi connectivity index (χ1v) is 6.42. The summed E-state index contributed by atoms with van der Waals surface area (Å²) in [7, 11) is 0. The number of thiophene rings is 1. The second-order valence-electron chi connectivity index (χ2n) is 4.56. The second kappa shape index (κ2) is 5.58. The van der Waals surface area contributed by atoms with Crippen molar-refractivity contribution in [2.24, 2.45) is 0 Å². The van der Waals surface area contributed by atoms with E-state index in [1.54, 1.807) is 26.2 Å². The van der Waals surface area contributed by atoms with Gasteiger partial charge in [-0.3, -0.25) is 0 Å². The van der Waals surface area contributed by atoms with E-state index in [0.717, 1.165) is 11.3 Å². The van der Waals surface area contributed by atoms with Crippen LogP contribution in [-0.2, 0) is 11.3 Å². The van der Waals surface area contributed by atoms with Gasteiger partial charge in [-0.25, -0.2) is 9.59 Å². The van der Waals surface area contributed by atoms with Gasteiger partial charge in [0, 0.05) is 12.1 Å². The molecule has 2 N–H and O–H groups in total. The number of ether oxygens (including phenoxy) is 1. The molecule has 0 bridgehead atoms. The number of nitrogens with one attached hydrogen (secondary N) is 1. The van der Waals surface area contributed by atoms with Crippen molar-refractivity contribution < 1.29 is 19.4 Å². The highest BCUT2D eigenvalue weighted by Gasteiger charge is 2.18. The van der Waals surface area contributed by atoms with Gasteiger partial charge < -0.3 is 15.2 Å². The Morgan fingerprint density at radius 1 is 1.50 bits per heavy atom. The van der Waals surface area contributed by atoms with Crippen LogP contribution in [0.2, 0.25) is 5.02 Å². The Morgan fingerprint density at radius 2 is 2.11 bits per heavy atom. The van der Waals surface area contributed by atoms with Gasteiger partial charge in [-0.15, -0.1) is 11.3 Å². The number of carbonyl (C=O) groups excluding carboxylic acids is 1. The average molecular weight is 292 g/mol. The highest BCUT2D eigenvalue weighted by atomic mass is 35.5. The summed E-state index contributed by atoms with van der Waals surface area (Å²) in [6.07, 6.45) is -0.568. The maximum atomic E-state index is 11.4. The summed E-state index contributed by atoms with van der Waals surface area (Å²) >= 11 is 6.90. The predicted molar refractivity (Wildman–Crippen MR) is 69.4 cm³/mol. The molecule has 0 saturated heterocycles. The fourth-order valence-corrected chi connectivity index (χ4v) is 2.32. The second-order valence-corrected chi connectivity index (χ2v) is 5.82. The molecule has 0 atom stereocenters. The zero-order valence-electron chi connectivity index (χ0n) is 10.2. The van der Waals surface area contributed by atoms with Crippen molar-refractivity contribution >= 4 is 35.0 Å². The molecule has 5 nitrogen and oxygen atoms in total. The lowest BCUT2D eigenvalue weighted by molar-refractivity contribution is 0.0523. The van der Waals surface area contributed by atoms with E-state index in [1.165, 1.54) is 0 Å². The van der Waals surface area contributed by atoms with Gasteiger partial charge in [0.2, 0.25) is 0 Å². The molecule has 1 amide bonds. The van der Waals surface area contributed by atoms with Gasteiger partial charge in [0.15, 0.2) is 0 Å². The van der Waals surface area contributed by atoms with Crippen LogP contribution in [0.4, 0.5) is 4.79 Å². The normalized spacial score (nSPS) is 11.1. The van der Waals surface area contributed by atoms with Gasteiger partial charge in [0.1, 0.15) is 10.5 Å². The summed E-state index contributed by atoms with van der Waals surface area (Å²) in [5, 5.41) is 13.1. The van der Waals surface area contributed by atoms with Gasteiger partial charge in [-0.05, 0) is 26.2 Å². The number of rotatable bonds is 3. The number of carbonyl (C=O) groups is 2. The summed E-state index contributed by atoms with van der Waals surface area (Å²) in [5.74, 6) is -1.08. The van der Waals surface area contributed by atoms with Crippen molar-refractivity contribution in [2.45, 2.75) is 32.9 Å². The first kappa shape index (κ1) is 14.8. The molecule has 18 heavy (non-hydrogen) atoms. The predicted octanol–water partition coefficient (Wildman–Crippen LogP) is 3.12. The SMILES string of the molecule is CC(C)(C)OC(=O)NCc1csc(C(=O)O)c1Cl. The summed E-state index contributed by atoms with van der Waals surface area (Å²) in [6, 6.07) is 0. The van der Waals surface area contributed by atoms with Crippen LogP contribution >= 0.6 is 22.9 Å². The molecule has 1 aromatic rings. The number of carboxylic acid groups (broad SMARTS) is 1. The van der Waals surface area contributed by atoms with Crippen LogP contribution in [0.3, 0.4) is 0 Å². The number of aromatic carboxylic acids is 1. The highest BCUT2D eigenvalue weighted by Crippen LogP contribution is 2.27. The van der Waals surface area contributed by atoms with E-state index in [9.17, 15) is 9.59 Å². The number of hydrogen-bond acceptors (Lipinski definition) is 4. The minimum absolute atomic E-state index is 0.0673. The molecule has 0 fully saturated rings. The molecule has 0 spiro atoms. The van der Waals surface area contributed by atoms with Crippen LogP contribution in [0.25, 0.3) is 0 Å². The Morgan fingerprint density at radius 3 is 2.56 bits per heavy atom. The number of carboxylic acids is 1. The summed E-state index contributed by atoms with van der Waals surface area (Å²) < 4.78 is 5.05. The third-order valence-electron chi connectivity index (χ3n) is 1.82. The van der Waals surface area contributed by atoms with Gasteiger partial charge >= 0.3 is 12.1 Å². The fraction of sp³-hybridized carbons (Fsp3) is 0.455. The van der Waals surface area contributed by atoms with Crippen LogP contribution in [0, 0.1) is 0 Å². The van der Waals surface area contributed by atoms with E-state index in [1.807, 2.05) is 0 Å². The maximum absolute atomic E-state index is 11.4. The largest absolute Gasteiger partial charge is 0.477 e. The van der Waals surface area contributed by atoms with E-state index >= 15 is 0 Å². The first-order chi connectivity index (χ1) is 8.20. The Hall–Kier alpha value is -1.27. The number of alkyl carbamates (subject to hydrolysis) is 1.